The maximum absolute atomic E-state index is 11.5. The minimum absolute atomic E-state index is 0.103. The van der Waals surface area contributed by atoms with Gasteiger partial charge in [-0.1, -0.05) is 13.8 Å². The zero-order chi connectivity index (χ0) is 11.7. The second-order valence-electron chi connectivity index (χ2n) is 4.01. The first-order valence-electron chi connectivity index (χ1n) is 5.54. The molecule has 3 nitrogen and oxygen atoms in total. The molecule has 0 heterocycles. The lowest BCUT2D eigenvalue weighted by molar-refractivity contribution is -0.133. The number of hydrogen-bond acceptors (Lipinski definition) is 3. The van der Waals surface area contributed by atoms with Crippen molar-refractivity contribution in [2.75, 3.05) is 38.7 Å². The average molecular weight is 232 g/mol. The van der Waals surface area contributed by atoms with Crippen molar-refractivity contribution < 1.29 is 4.79 Å². The Morgan fingerprint density at radius 3 is 2.60 bits per heavy atom. The number of amides is 1. The molecular weight excluding hydrogens is 208 g/mol. The number of nitrogens with one attached hydrogen (secondary N) is 1. The van der Waals surface area contributed by atoms with Crippen LogP contribution in [0.3, 0.4) is 0 Å². The van der Waals surface area contributed by atoms with E-state index in [1.54, 1.807) is 4.90 Å². The summed E-state index contributed by atoms with van der Waals surface area (Å²) in [4.78, 5) is 13.3. The molecule has 0 saturated carbocycles. The molecule has 0 spiro atoms. The molecular formula is C11H24N2OS. The summed E-state index contributed by atoms with van der Waals surface area (Å²) >= 11 is 1.87. The van der Waals surface area contributed by atoms with E-state index in [1.807, 2.05) is 32.7 Å². The van der Waals surface area contributed by atoms with Gasteiger partial charge in [0.1, 0.15) is 0 Å². The van der Waals surface area contributed by atoms with Crippen molar-refractivity contribution in [3.63, 3.8) is 0 Å². The molecule has 15 heavy (non-hydrogen) atoms. The molecule has 0 radical (unpaired) electrons. The Hall–Kier alpha value is -0.220. The van der Waals surface area contributed by atoms with Gasteiger partial charge in [-0.05, 0) is 25.0 Å². The Morgan fingerprint density at radius 1 is 1.40 bits per heavy atom. The lowest BCUT2D eigenvalue weighted by atomic mass is 10.2. The molecule has 0 bridgehead atoms. The highest BCUT2D eigenvalue weighted by atomic mass is 32.2. The molecule has 0 atom stereocenters. The molecule has 0 aliphatic rings. The summed E-state index contributed by atoms with van der Waals surface area (Å²) in [7, 11) is 1.87. The monoisotopic (exact) mass is 232 g/mol. The van der Waals surface area contributed by atoms with Gasteiger partial charge >= 0.3 is 0 Å². The van der Waals surface area contributed by atoms with E-state index >= 15 is 0 Å². The molecule has 4 heteroatoms. The van der Waals surface area contributed by atoms with Crippen LogP contribution in [-0.4, -0.2) is 49.5 Å². The third-order valence-corrected chi connectivity index (χ3v) is 2.89. The van der Waals surface area contributed by atoms with E-state index in [0.29, 0.717) is 0 Å². The molecule has 0 rings (SSSR count). The van der Waals surface area contributed by atoms with Crippen LogP contribution in [-0.2, 0) is 4.79 Å². The Morgan fingerprint density at radius 2 is 2.07 bits per heavy atom. The lowest BCUT2D eigenvalue weighted by Gasteiger charge is -2.19. The van der Waals surface area contributed by atoms with Crippen molar-refractivity contribution in [2.45, 2.75) is 20.3 Å². The van der Waals surface area contributed by atoms with E-state index in [0.717, 1.165) is 19.6 Å². The number of hydrogen-bond donors (Lipinski definition) is 1. The van der Waals surface area contributed by atoms with Crippen molar-refractivity contribution in [3.8, 4) is 0 Å². The Kier molecular flexibility index (Phi) is 8.91. The lowest BCUT2D eigenvalue weighted by Crippen LogP contribution is -2.36. The van der Waals surface area contributed by atoms with Crippen LogP contribution in [0.4, 0.5) is 0 Å². The molecule has 0 aliphatic heterocycles. The number of rotatable bonds is 8. The van der Waals surface area contributed by atoms with Crippen LogP contribution in [0.5, 0.6) is 0 Å². The fourth-order valence-electron chi connectivity index (χ4n) is 1.26. The van der Waals surface area contributed by atoms with Crippen LogP contribution in [0.25, 0.3) is 0 Å². The zero-order valence-corrected chi connectivity index (χ0v) is 11.2. The van der Waals surface area contributed by atoms with Crippen molar-refractivity contribution in [1.29, 1.82) is 0 Å². The molecule has 1 N–H and O–H groups in total. The molecule has 0 aromatic heterocycles. The molecule has 0 saturated heterocycles. The maximum atomic E-state index is 11.5. The Bertz CT molecular complexity index is 174. The summed E-state index contributed by atoms with van der Waals surface area (Å²) in [5.74, 6) is 1.53. The average Bonchev–Trinajstić information content (AvgIpc) is 2.21. The standard InChI is InChI=1S/C11H24N2OS/c1-10(2)11(14)13(3)8-7-12-6-5-9-15-4/h10,12H,5-9H2,1-4H3. The van der Waals surface area contributed by atoms with Gasteiger partial charge in [-0.25, -0.2) is 0 Å². The molecule has 90 valence electrons. The second kappa shape index (κ2) is 9.04. The number of nitrogens with zero attached hydrogens (tertiary/aromatic N) is 1. The van der Waals surface area contributed by atoms with E-state index in [4.69, 9.17) is 0 Å². The highest BCUT2D eigenvalue weighted by molar-refractivity contribution is 7.98. The van der Waals surface area contributed by atoms with E-state index in [-0.39, 0.29) is 11.8 Å². The van der Waals surface area contributed by atoms with Gasteiger partial charge in [0.15, 0.2) is 0 Å². The number of carbonyl (C=O) groups is 1. The summed E-state index contributed by atoms with van der Waals surface area (Å²) < 4.78 is 0. The predicted octanol–water partition coefficient (Wildman–Crippen LogP) is 1.44. The fraction of sp³-hybridized carbons (Fsp3) is 0.909. The smallest absolute Gasteiger partial charge is 0.224 e. The van der Waals surface area contributed by atoms with Crippen LogP contribution in [0.2, 0.25) is 0 Å². The fourth-order valence-corrected chi connectivity index (χ4v) is 1.70. The van der Waals surface area contributed by atoms with Gasteiger partial charge < -0.3 is 10.2 Å². The summed E-state index contributed by atoms with van der Waals surface area (Å²) in [6, 6.07) is 0. The molecule has 0 aromatic rings. The first-order chi connectivity index (χ1) is 7.09. The summed E-state index contributed by atoms with van der Waals surface area (Å²) in [6.45, 7) is 6.61. The van der Waals surface area contributed by atoms with Crippen molar-refractivity contribution in [3.05, 3.63) is 0 Å². The highest BCUT2D eigenvalue weighted by Crippen LogP contribution is 1.97. The molecule has 0 unspecified atom stereocenters. The maximum Gasteiger partial charge on any atom is 0.224 e. The van der Waals surface area contributed by atoms with Gasteiger partial charge in [-0.15, -0.1) is 0 Å². The zero-order valence-electron chi connectivity index (χ0n) is 10.4. The second-order valence-corrected chi connectivity index (χ2v) is 5.00. The quantitative estimate of drug-likeness (QED) is 0.643. The number of thioether (sulfide) groups is 1. The van der Waals surface area contributed by atoms with E-state index in [2.05, 4.69) is 11.6 Å². The Labute approximate surface area is 98.0 Å². The van der Waals surface area contributed by atoms with Crippen molar-refractivity contribution >= 4 is 17.7 Å². The van der Waals surface area contributed by atoms with Gasteiger partial charge in [-0.2, -0.15) is 11.8 Å². The van der Waals surface area contributed by atoms with E-state index in [1.165, 1.54) is 12.2 Å². The SMILES string of the molecule is CSCCCNCCN(C)C(=O)C(C)C. The Balaban J connectivity index is 3.39. The first-order valence-corrected chi connectivity index (χ1v) is 6.93. The molecule has 1 amide bonds. The van der Waals surface area contributed by atoms with Gasteiger partial charge in [0.05, 0.1) is 0 Å². The van der Waals surface area contributed by atoms with E-state index < -0.39 is 0 Å². The number of likely N-dealkylation sites (N-methyl/N-ethyl adjacent to an activating group) is 1. The van der Waals surface area contributed by atoms with Gasteiger partial charge in [0.2, 0.25) is 5.91 Å². The van der Waals surface area contributed by atoms with Crippen LogP contribution in [0.1, 0.15) is 20.3 Å². The van der Waals surface area contributed by atoms with Crippen LogP contribution < -0.4 is 5.32 Å². The first kappa shape index (κ1) is 14.8. The summed E-state index contributed by atoms with van der Waals surface area (Å²) in [5, 5.41) is 3.34. The number of carbonyl (C=O) groups excluding carboxylic acids is 1. The van der Waals surface area contributed by atoms with Gasteiger partial charge in [0.25, 0.3) is 0 Å². The van der Waals surface area contributed by atoms with Crippen LogP contribution in [0.15, 0.2) is 0 Å². The summed E-state index contributed by atoms with van der Waals surface area (Å²) in [6.07, 6.45) is 3.32. The van der Waals surface area contributed by atoms with Gasteiger partial charge in [0, 0.05) is 26.1 Å². The largest absolute Gasteiger partial charge is 0.344 e. The van der Waals surface area contributed by atoms with Crippen molar-refractivity contribution in [2.24, 2.45) is 5.92 Å². The molecule has 0 aliphatic carbocycles. The third kappa shape index (κ3) is 7.68. The third-order valence-electron chi connectivity index (χ3n) is 2.20. The van der Waals surface area contributed by atoms with E-state index in [9.17, 15) is 4.79 Å². The van der Waals surface area contributed by atoms with Crippen molar-refractivity contribution in [1.82, 2.24) is 10.2 Å². The molecule has 0 aromatic carbocycles. The highest BCUT2D eigenvalue weighted by Gasteiger charge is 2.11. The molecule has 0 fully saturated rings. The summed E-state index contributed by atoms with van der Waals surface area (Å²) in [5.41, 5.74) is 0. The predicted molar refractivity (Wildman–Crippen MR) is 68.3 cm³/mol. The minimum atomic E-state index is 0.103. The topological polar surface area (TPSA) is 32.3 Å². The van der Waals surface area contributed by atoms with Crippen LogP contribution >= 0.6 is 11.8 Å². The minimum Gasteiger partial charge on any atom is -0.344 e. The normalized spacial score (nSPS) is 10.7. The van der Waals surface area contributed by atoms with Gasteiger partial charge in [-0.3, -0.25) is 4.79 Å². The van der Waals surface area contributed by atoms with Crippen LogP contribution in [0, 0.1) is 5.92 Å².